The maximum atomic E-state index is 12.6. The molecule has 0 aliphatic rings. The van der Waals surface area contributed by atoms with Crippen LogP contribution in [-0.4, -0.2) is 22.2 Å². The molecule has 1 aromatic rings. The zero-order chi connectivity index (χ0) is 11.3. The molecule has 0 amide bonds. The minimum atomic E-state index is -0.358. The molecule has 0 unspecified atom stereocenters. The summed E-state index contributed by atoms with van der Waals surface area (Å²) in [5, 5.41) is 12.5. The van der Waals surface area contributed by atoms with E-state index in [2.05, 4.69) is 10.3 Å². The lowest BCUT2D eigenvalue weighted by molar-refractivity contribution is 0.202. The highest BCUT2D eigenvalue weighted by Gasteiger charge is 2.24. The molecule has 0 saturated heterocycles. The van der Waals surface area contributed by atoms with Crippen LogP contribution in [0.4, 0.5) is 10.2 Å². The van der Waals surface area contributed by atoms with Gasteiger partial charge in [0.25, 0.3) is 0 Å². The third-order valence-electron chi connectivity index (χ3n) is 2.78. The van der Waals surface area contributed by atoms with Crippen molar-refractivity contribution in [1.29, 1.82) is 0 Å². The molecule has 84 valence electrons. The van der Waals surface area contributed by atoms with E-state index in [4.69, 9.17) is 0 Å². The second-order valence-corrected chi connectivity index (χ2v) is 3.63. The zero-order valence-corrected chi connectivity index (χ0v) is 9.13. The molecule has 1 aromatic heterocycles. The summed E-state index contributed by atoms with van der Waals surface area (Å²) in [5.41, 5.74) is -0.356. The lowest BCUT2D eigenvalue weighted by atomic mass is 9.94. The number of aliphatic hydroxyl groups excluding tert-OH is 1. The van der Waals surface area contributed by atoms with Crippen molar-refractivity contribution >= 4 is 5.82 Å². The van der Waals surface area contributed by atoms with Crippen molar-refractivity contribution in [3.63, 3.8) is 0 Å². The van der Waals surface area contributed by atoms with E-state index in [-0.39, 0.29) is 18.0 Å². The number of anilines is 1. The van der Waals surface area contributed by atoms with E-state index in [0.29, 0.717) is 5.82 Å². The smallest absolute Gasteiger partial charge is 0.141 e. The number of hydrogen-bond donors (Lipinski definition) is 2. The van der Waals surface area contributed by atoms with Crippen LogP contribution in [0, 0.1) is 5.82 Å². The quantitative estimate of drug-likeness (QED) is 0.786. The van der Waals surface area contributed by atoms with Gasteiger partial charge in [0, 0.05) is 0 Å². The van der Waals surface area contributed by atoms with Gasteiger partial charge in [0.1, 0.15) is 11.6 Å². The summed E-state index contributed by atoms with van der Waals surface area (Å²) in [6.45, 7) is 4.03. The molecule has 0 fully saturated rings. The summed E-state index contributed by atoms with van der Waals surface area (Å²) < 4.78 is 12.6. The normalized spacial score (nSPS) is 11.5. The third kappa shape index (κ3) is 2.89. The van der Waals surface area contributed by atoms with Crippen molar-refractivity contribution in [3.8, 4) is 0 Å². The van der Waals surface area contributed by atoms with Crippen molar-refractivity contribution in [2.24, 2.45) is 0 Å². The third-order valence-corrected chi connectivity index (χ3v) is 2.78. The Bertz CT molecular complexity index is 288. The Morgan fingerprint density at radius 3 is 2.47 bits per heavy atom. The SMILES string of the molecule is CCC(CC)(CO)Nc1ccc(F)cn1. The average molecular weight is 212 g/mol. The van der Waals surface area contributed by atoms with Gasteiger partial charge >= 0.3 is 0 Å². The molecule has 0 aliphatic heterocycles. The number of pyridine rings is 1. The predicted molar refractivity (Wildman–Crippen MR) is 58.2 cm³/mol. The molecule has 2 N–H and O–H groups in total. The Morgan fingerprint density at radius 2 is 2.07 bits per heavy atom. The van der Waals surface area contributed by atoms with Crippen LogP contribution in [0.3, 0.4) is 0 Å². The molecule has 0 radical (unpaired) electrons. The van der Waals surface area contributed by atoms with Crippen LogP contribution < -0.4 is 5.32 Å². The predicted octanol–water partition coefficient (Wildman–Crippen LogP) is 2.18. The Labute approximate surface area is 89.4 Å². The fourth-order valence-electron chi connectivity index (χ4n) is 1.41. The number of aliphatic hydroxyl groups is 1. The van der Waals surface area contributed by atoms with Gasteiger partial charge < -0.3 is 10.4 Å². The summed E-state index contributed by atoms with van der Waals surface area (Å²) in [6, 6.07) is 2.92. The Hall–Kier alpha value is -1.16. The molecule has 0 aromatic carbocycles. The molecule has 0 aliphatic carbocycles. The Morgan fingerprint density at radius 1 is 1.40 bits per heavy atom. The van der Waals surface area contributed by atoms with E-state index < -0.39 is 0 Å². The summed E-state index contributed by atoms with van der Waals surface area (Å²) in [7, 11) is 0. The first-order valence-corrected chi connectivity index (χ1v) is 5.16. The van der Waals surface area contributed by atoms with Crippen molar-refractivity contribution < 1.29 is 9.50 Å². The van der Waals surface area contributed by atoms with E-state index in [1.165, 1.54) is 6.07 Å². The first-order chi connectivity index (χ1) is 7.15. The van der Waals surface area contributed by atoms with E-state index in [1.54, 1.807) is 6.07 Å². The van der Waals surface area contributed by atoms with E-state index in [0.717, 1.165) is 19.0 Å². The largest absolute Gasteiger partial charge is 0.394 e. The Kier molecular flexibility index (Phi) is 4.03. The number of halogens is 1. The monoisotopic (exact) mass is 212 g/mol. The minimum Gasteiger partial charge on any atom is -0.394 e. The topological polar surface area (TPSA) is 45.1 Å². The van der Waals surface area contributed by atoms with Gasteiger partial charge in [-0.1, -0.05) is 13.8 Å². The zero-order valence-electron chi connectivity index (χ0n) is 9.13. The van der Waals surface area contributed by atoms with Crippen LogP contribution in [0.1, 0.15) is 26.7 Å². The fourth-order valence-corrected chi connectivity index (χ4v) is 1.41. The summed E-state index contributed by atoms with van der Waals surface area (Å²) >= 11 is 0. The van der Waals surface area contributed by atoms with Crippen LogP contribution in [-0.2, 0) is 0 Å². The highest BCUT2D eigenvalue weighted by Crippen LogP contribution is 2.20. The van der Waals surface area contributed by atoms with Gasteiger partial charge in [0.15, 0.2) is 0 Å². The van der Waals surface area contributed by atoms with Crippen molar-refractivity contribution in [1.82, 2.24) is 4.98 Å². The summed E-state index contributed by atoms with van der Waals surface area (Å²) in [6.07, 6.45) is 2.74. The lowest BCUT2D eigenvalue weighted by Gasteiger charge is -2.31. The maximum Gasteiger partial charge on any atom is 0.141 e. The summed E-state index contributed by atoms with van der Waals surface area (Å²) in [5.74, 6) is 0.234. The molecule has 4 heteroatoms. The summed E-state index contributed by atoms with van der Waals surface area (Å²) in [4.78, 5) is 3.91. The molecule has 0 bridgehead atoms. The number of aromatic nitrogens is 1. The molecule has 0 saturated carbocycles. The van der Waals surface area contributed by atoms with E-state index in [9.17, 15) is 9.50 Å². The van der Waals surface area contributed by atoms with Crippen LogP contribution in [0.15, 0.2) is 18.3 Å². The fraction of sp³-hybridized carbons (Fsp3) is 0.545. The number of rotatable bonds is 5. The molecule has 0 spiro atoms. The molecular weight excluding hydrogens is 195 g/mol. The van der Waals surface area contributed by atoms with Gasteiger partial charge in [0.2, 0.25) is 0 Å². The minimum absolute atomic E-state index is 0.0407. The second kappa shape index (κ2) is 5.07. The van der Waals surface area contributed by atoms with Crippen LogP contribution in [0.2, 0.25) is 0 Å². The van der Waals surface area contributed by atoms with Gasteiger partial charge in [-0.2, -0.15) is 0 Å². The first-order valence-electron chi connectivity index (χ1n) is 5.16. The maximum absolute atomic E-state index is 12.6. The van der Waals surface area contributed by atoms with E-state index >= 15 is 0 Å². The average Bonchev–Trinajstić information content (AvgIpc) is 2.29. The molecule has 0 atom stereocenters. The van der Waals surface area contributed by atoms with Gasteiger partial charge in [-0.25, -0.2) is 9.37 Å². The number of hydrogen-bond acceptors (Lipinski definition) is 3. The molecule has 3 nitrogen and oxygen atoms in total. The number of nitrogens with one attached hydrogen (secondary N) is 1. The van der Waals surface area contributed by atoms with Crippen molar-refractivity contribution in [2.45, 2.75) is 32.2 Å². The van der Waals surface area contributed by atoms with Crippen LogP contribution >= 0.6 is 0 Å². The van der Waals surface area contributed by atoms with E-state index in [1.807, 2.05) is 13.8 Å². The number of nitrogens with zero attached hydrogens (tertiary/aromatic N) is 1. The first kappa shape index (κ1) is 11.9. The van der Waals surface area contributed by atoms with Crippen LogP contribution in [0.25, 0.3) is 0 Å². The van der Waals surface area contributed by atoms with Gasteiger partial charge in [0.05, 0.1) is 18.3 Å². The van der Waals surface area contributed by atoms with Crippen molar-refractivity contribution in [2.75, 3.05) is 11.9 Å². The van der Waals surface area contributed by atoms with Crippen molar-refractivity contribution in [3.05, 3.63) is 24.1 Å². The Balaban J connectivity index is 2.78. The van der Waals surface area contributed by atoms with Crippen LogP contribution in [0.5, 0.6) is 0 Å². The second-order valence-electron chi connectivity index (χ2n) is 3.63. The molecule has 1 rings (SSSR count). The molecule has 1 heterocycles. The standard InChI is InChI=1S/C11H17FN2O/c1-3-11(4-2,8-15)14-10-6-5-9(12)7-13-10/h5-7,15H,3-4,8H2,1-2H3,(H,13,14). The van der Waals surface area contributed by atoms with Gasteiger partial charge in [-0.15, -0.1) is 0 Å². The molecular formula is C11H17FN2O. The molecule has 15 heavy (non-hydrogen) atoms. The highest BCUT2D eigenvalue weighted by molar-refractivity contribution is 5.37. The highest BCUT2D eigenvalue weighted by atomic mass is 19.1. The lowest BCUT2D eigenvalue weighted by Crippen LogP contribution is -2.41. The van der Waals surface area contributed by atoms with Gasteiger partial charge in [-0.3, -0.25) is 0 Å². The van der Waals surface area contributed by atoms with Gasteiger partial charge in [-0.05, 0) is 25.0 Å².